The minimum absolute atomic E-state index is 0.0300. The fourth-order valence-corrected chi connectivity index (χ4v) is 2.20. The number of methoxy groups -OCH3 is 1. The number of carbonyl (C=O) groups is 1. The van der Waals surface area contributed by atoms with Crippen molar-refractivity contribution in [3.8, 4) is 0 Å². The molecule has 0 aromatic heterocycles. The van der Waals surface area contributed by atoms with Gasteiger partial charge in [0.2, 0.25) is 5.91 Å². The van der Waals surface area contributed by atoms with Crippen molar-refractivity contribution in [3.63, 3.8) is 0 Å². The first kappa shape index (κ1) is 12.9. The number of fused-ring (bicyclic) bond motifs is 1. The number of rotatable bonds is 5. The van der Waals surface area contributed by atoms with Crippen LogP contribution in [0.25, 0.3) is 0 Å². The number of hydrogen-bond acceptors (Lipinski definition) is 3. The molecule has 1 unspecified atom stereocenters. The maximum Gasteiger partial charge on any atom is 0.225 e. The van der Waals surface area contributed by atoms with Gasteiger partial charge in [-0.15, -0.1) is 0 Å². The summed E-state index contributed by atoms with van der Waals surface area (Å²) in [5.74, 6) is 0.163. The molecule has 4 nitrogen and oxygen atoms in total. The van der Waals surface area contributed by atoms with E-state index < -0.39 is 0 Å². The van der Waals surface area contributed by atoms with Crippen LogP contribution in [0.15, 0.2) is 24.3 Å². The normalized spacial score (nSPS) is 17.7. The number of ether oxygens (including phenoxy) is 1. The summed E-state index contributed by atoms with van der Waals surface area (Å²) in [7, 11) is 1.67. The van der Waals surface area contributed by atoms with Crippen molar-refractivity contribution >= 4 is 11.6 Å². The molecule has 0 saturated carbocycles. The van der Waals surface area contributed by atoms with Crippen LogP contribution in [0.4, 0.5) is 5.69 Å². The second kappa shape index (κ2) is 6.40. The number of benzene rings is 1. The zero-order chi connectivity index (χ0) is 12.8. The van der Waals surface area contributed by atoms with Gasteiger partial charge in [-0.2, -0.15) is 0 Å². The van der Waals surface area contributed by atoms with E-state index in [1.54, 1.807) is 7.11 Å². The Morgan fingerprint density at radius 3 is 3.17 bits per heavy atom. The molecule has 1 atom stereocenters. The topological polar surface area (TPSA) is 50.4 Å². The van der Waals surface area contributed by atoms with E-state index in [0.29, 0.717) is 19.7 Å². The molecule has 0 bridgehead atoms. The maximum absolute atomic E-state index is 12.0. The average Bonchev–Trinajstić information content (AvgIpc) is 2.43. The molecule has 98 valence electrons. The fraction of sp³-hybridized carbons (Fsp3) is 0.500. The highest BCUT2D eigenvalue weighted by Gasteiger charge is 2.23. The maximum atomic E-state index is 12.0. The van der Waals surface area contributed by atoms with Crippen molar-refractivity contribution in [3.05, 3.63) is 29.8 Å². The Morgan fingerprint density at radius 2 is 2.33 bits per heavy atom. The third kappa shape index (κ3) is 3.23. The first-order chi connectivity index (χ1) is 8.81. The van der Waals surface area contributed by atoms with Crippen LogP contribution in [0.2, 0.25) is 0 Å². The Hall–Kier alpha value is -1.55. The van der Waals surface area contributed by atoms with Crippen LogP contribution in [0.5, 0.6) is 0 Å². The Bertz CT molecular complexity index is 407. The van der Waals surface area contributed by atoms with Gasteiger partial charge in [-0.1, -0.05) is 18.2 Å². The van der Waals surface area contributed by atoms with Gasteiger partial charge in [0.15, 0.2) is 0 Å². The monoisotopic (exact) mass is 248 g/mol. The predicted octanol–water partition coefficient (Wildman–Crippen LogP) is 1.42. The van der Waals surface area contributed by atoms with Gasteiger partial charge in [0.25, 0.3) is 0 Å². The molecule has 0 saturated heterocycles. The van der Waals surface area contributed by atoms with Crippen molar-refractivity contribution in [1.29, 1.82) is 0 Å². The van der Waals surface area contributed by atoms with Crippen LogP contribution in [0.1, 0.15) is 12.0 Å². The van der Waals surface area contributed by atoms with Gasteiger partial charge in [0.1, 0.15) is 0 Å². The summed E-state index contributed by atoms with van der Waals surface area (Å²) in [5, 5.41) is 6.27. The van der Waals surface area contributed by atoms with Gasteiger partial charge in [0.05, 0.1) is 5.92 Å². The van der Waals surface area contributed by atoms with Crippen LogP contribution >= 0.6 is 0 Å². The molecule has 2 N–H and O–H groups in total. The number of anilines is 1. The summed E-state index contributed by atoms with van der Waals surface area (Å²) in [6, 6.07) is 8.16. The smallest absolute Gasteiger partial charge is 0.225 e. The van der Waals surface area contributed by atoms with Gasteiger partial charge in [-0.3, -0.25) is 4.79 Å². The van der Waals surface area contributed by atoms with Crippen molar-refractivity contribution in [2.75, 3.05) is 32.1 Å². The summed E-state index contributed by atoms with van der Waals surface area (Å²) >= 11 is 0. The van der Waals surface area contributed by atoms with Gasteiger partial charge in [-0.05, 0) is 24.5 Å². The molecule has 2 rings (SSSR count). The summed E-state index contributed by atoms with van der Waals surface area (Å²) in [6.45, 7) is 2.09. The van der Waals surface area contributed by atoms with E-state index in [9.17, 15) is 4.79 Å². The second-order valence-corrected chi connectivity index (χ2v) is 4.58. The van der Waals surface area contributed by atoms with Gasteiger partial charge >= 0.3 is 0 Å². The lowest BCUT2D eigenvalue weighted by molar-refractivity contribution is -0.124. The van der Waals surface area contributed by atoms with Crippen LogP contribution in [-0.2, 0) is 16.0 Å². The largest absolute Gasteiger partial charge is 0.385 e. The minimum atomic E-state index is 0.0300. The third-order valence-corrected chi connectivity index (χ3v) is 3.22. The number of hydrogen-bond donors (Lipinski definition) is 2. The van der Waals surface area contributed by atoms with Crippen LogP contribution < -0.4 is 10.6 Å². The summed E-state index contributed by atoms with van der Waals surface area (Å²) in [6.07, 6.45) is 1.68. The minimum Gasteiger partial charge on any atom is -0.385 e. The molecule has 1 aromatic rings. The van der Waals surface area contributed by atoms with Gasteiger partial charge in [0, 0.05) is 32.5 Å². The molecule has 4 heteroatoms. The van der Waals surface area contributed by atoms with Crippen LogP contribution in [-0.4, -0.2) is 32.7 Å². The highest BCUT2D eigenvalue weighted by Crippen LogP contribution is 2.24. The van der Waals surface area contributed by atoms with Crippen molar-refractivity contribution < 1.29 is 9.53 Å². The highest BCUT2D eigenvalue weighted by atomic mass is 16.5. The first-order valence-electron chi connectivity index (χ1n) is 6.39. The molecule has 1 aliphatic rings. The molecule has 1 heterocycles. The Morgan fingerprint density at radius 1 is 1.50 bits per heavy atom. The Balaban J connectivity index is 1.83. The molecule has 0 fully saturated rings. The van der Waals surface area contributed by atoms with E-state index in [-0.39, 0.29) is 11.8 Å². The van der Waals surface area contributed by atoms with E-state index in [1.807, 2.05) is 12.1 Å². The average molecular weight is 248 g/mol. The predicted molar refractivity (Wildman–Crippen MR) is 71.6 cm³/mol. The lowest BCUT2D eigenvalue weighted by Gasteiger charge is -2.25. The van der Waals surface area contributed by atoms with E-state index in [2.05, 4.69) is 22.8 Å². The van der Waals surface area contributed by atoms with Crippen LogP contribution in [0.3, 0.4) is 0 Å². The Labute approximate surface area is 108 Å². The molecular weight excluding hydrogens is 228 g/mol. The summed E-state index contributed by atoms with van der Waals surface area (Å²) in [5.41, 5.74) is 2.38. The van der Waals surface area contributed by atoms with Crippen LogP contribution in [0, 0.1) is 5.92 Å². The van der Waals surface area contributed by atoms with E-state index in [0.717, 1.165) is 18.5 Å². The van der Waals surface area contributed by atoms with E-state index in [4.69, 9.17) is 4.74 Å². The summed E-state index contributed by atoms with van der Waals surface area (Å²) in [4.78, 5) is 12.0. The van der Waals surface area contributed by atoms with Gasteiger partial charge < -0.3 is 15.4 Å². The molecule has 1 aliphatic heterocycles. The number of carbonyl (C=O) groups excluding carboxylic acids is 1. The molecule has 0 spiro atoms. The fourth-order valence-electron chi connectivity index (χ4n) is 2.20. The molecule has 18 heavy (non-hydrogen) atoms. The molecule has 0 aliphatic carbocycles. The van der Waals surface area contributed by atoms with Gasteiger partial charge in [-0.25, -0.2) is 0 Å². The molecule has 1 aromatic carbocycles. The highest BCUT2D eigenvalue weighted by molar-refractivity contribution is 5.80. The van der Waals surface area contributed by atoms with Crippen molar-refractivity contribution in [2.24, 2.45) is 5.92 Å². The first-order valence-corrected chi connectivity index (χ1v) is 6.39. The molecule has 0 radical (unpaired) electrons. The van der Waals surface area contributed by atoms with Crippen molar-refractivity contribution in [2.45, 2.75) is 12.8 Å². The molecular formula is C14H20N2O2. The van der Waals surface area contributed by atoms with E-state index in [1.165, 1.54) is 5.56 Å². The number of amides is 1. The number of para-hydroxylation sites is 1. The SMILES string of the molecule is COCCCNC(=O)C1CNc2ccccc2C1. The summed E-state index contributed by atoms with van der Waals surface area (Å²) < 4.78 is 4.95. The quantitative estimate of drug-likeness (QED) is 0.775. The number of nitrogens with one attached hydrogen (secondary N) is 2. The standard InChI is InChI=1S/C14H20N2O2/c1-18-8-4-7-15-14(17)12-9-11-5-2-3-6-13(11)16-10-12/h2-3,5-6,12,16H,4,7-10H2,1H3,(H,15,17). The zero-order valence-electron chi connectivity index (χ0n) is 10.7. The third-order valence-electron chi connectivity index (χ3n) is 3.22. The lowest BCUT2D eigenvalue weighted by Crippen LogP contribution is -2.38. The van der Waals surface area contributed by atoms with E-state index >= 15 is 0 Å². The zero-order valence-corrected chi connectivity index (χ0v) is 10.7. The van der Waals surface area contributed by atoms with Crippen molar-refractivity contribution in [1.82, 2.24) is 5.32 Å². The Kier molecular flexibility index (Phi) is 4.59. The second-order valence-electron chi connectivity index (χ2n) is 4.58. The lowest BCUT2D eigenvalue weighted by atomic mass is 9.93. The molecule has 1 amide bonds.